The summed E-state index contributed by atoms with van der Waals surface area (Å²) in [6.07, 6.45) is 0. The Hall–Kier alpha value is -7.83. The third-order valence-electron chi connectivity index (χ3n) is 11.1. The van der Waals surface area contributed by atoms with Crippen LogP contribution >= 0.6 is 0 Å². The van der Waals surface area contributed by atoms with E-state index >= 15 is 0 Å². The molecule has 4 heterocycles. The lowest BCUT2D eigenvalue weighted by Gasteiger charge is -2.10. The summed E-state index contributed by atoms with van der Waals surface area (Å²) in [5.74, 6) is 1.78. The second-order valence-corrected chi connectivity index (χ2v) is 14.3. The monoisotopic (exact) mass is 730 g/mol. The Morgan fingerprint density at radius 3 is 1.82 bits per heavy atom. The lowest BCUT2D eigenvalue weighted by Crippen LogP contribution is -2.00. The van der Waals surface area contributed by atoms with Gasteiger partial charge in [-0.05, 0) is 47.5 Å². The van der Waals surface area contributed by atoms with Gasteiger partial charge in [-0.2, -0.15) is 0 Å². The van der Waals surface area contributed by atoms with Crippen molar-refractivity contribution in [2.75, 3.05) is 0 Å². The fourth-order valence-electron chi connectivity index (χ4n) is 8.49. The summed E-state index contributed by atoms with van der Waals surface area (Å²) in [7, 11) is 0. The van der Waals surface area contributed by atoms with Crippen molar-refractivity contribution in [3.63, 3.8) is 0 Å². The molecule has 0 N–H and O–H groups in total. The van der Waals surface area contributed by atoms with Gasteiger partial charge in [-0.1, -0.05) is 146 Å². The first-order chi connectivity index (χ1) is 28.3. The zero-order valence-corrected chi connectivity index (χ0v) is 30.4. The maximum Gasteiger partial charge on any atom is 0.164 e. The fourth-order valence-corrected chi connectivity index (χ4v) is 8.49. The van der Waals surface area contributed by atoms with E-state index in [1.807, 2.05) is 60.7 Å². The number of hydrogen-bond acceptors (Lipinski definition) is 5. The molecular weight excluding hydrogens is 701 g/mol. The molecule has 0 saturated heterocycles. The van der Waals surface area contributed by atoms with Gasteiger partial charge in [-0.25, -0.2) is 15.0 Å². The second kappa shape index (κ2) is 12.3. The Labute approximate surface area is 325 Å². The molecule has 0 radical (unpaired) electrons. The summed E-state index contributed by atoms with van der Waals surface area (Å²) >= 11 is 0. The van der Waals surface area contributed by atoms with E-state index in [2.05, 4.69) is 126 Å². The predicted octanol–water partition coefficient (Wildman–Crippen LogP) is 13.4. The molecule has 0 atom stereocenters. The highest BCUT2D eigenvalue weighted by Crippen LogP contribution is 2.44. The average molecular weight is 731 g/mol. The summed E-state index contributed by atoms with van der Waals surface area (Å²) in [4.78, 5) is 15.4. The van der Waals surface area contributed by atoms with Crippen LogP contribution in [0.15, 0.2) is 191 Å². The van der Waals surface area contributed by atoms with Crippen molar-refractivity contribution in [3.8, 4) is 51.0 Å². The zero-order chi connectivity index (χ0) is 37.5. The Morgan fingerprint density at radius 2 is 0.965 bits per heavy atom. The highest BCUT2D eigenvalue weighted by molar-refractivity contribution is 6.22. The van der Waals surface area contributed by atoms with Crippen molar-refractivity contribution < 1.29 is 8.83 Å². The van der Waals surface area contributed by atoms with Gasteiger partial charge in [0.1, 0.15) is 11.2 Å². The van der Waals surface area contributed by atoms with Crippen LogP contribution in [0.1, 0.15) is 0 Å². The number of aromatic nitrogens is 4. The molecule has 6 nitrogen and oxygen atoms in total. The van der Waals surface area contributed by atoms with E-state index in [4.69, 9.17) is 23.8 Å². The lowest BCUT2D eigenvalue weighted by atomic mass is 10.0. The van der Waals surface area contributed by atoms with Crippen LogP contribution in [-0.4, -0.2) is 19.5 Å². The first kappa shape index (κ1) is 31.5. The van der Waals surface area contributed by atoms with E-state index in [0.717, 1.165) is 99.2 Å². The van der Waals surface area contributed by atoms with Crippen molar-refractivity contribution in [1.29, 1.82) is 0 Å². The van der Waals surface area contributed by atoms with E-state index < -0.39 is 0 Å². The SMILES string of the molecule is c1ccc(-c2cccc(-c3nc(-c4ccccc4)nc(-c4cccc5oc6c(-n7c8ccccc8c8ccc9c%10ccccc%10oc9c87)cccc6c45)n3)c2)cc1. The fraction of sp³-hybridized carbons (Fsp3) is 0. The Morgan fingerprint density at radius 1 is 0.368 bits per heavy atom. The normalized spacial score (nSPS) is 11.9. The standard InChI is InChI=1S/C51H30N4O2/c1-3-14-31(15-4-1)33-18-11-19-34(30-33)50-52-49(32-16-5-2-6-17-32)53-51(54-50)40-23-13-27-44-45(40)39-22-12-25-42(47(39)57-44)55-41-24-9-7-20-35(41)37-28-29-38-36-21-8-10-26-43(36)56-48(38)46(37)55/h1-30H. The summed E-state index contributed by atoms with van der Waals surface area (Å²) in [5.41, 5.74) is 11.1. The predicted molar refractivity (Wildman–Crippen MR) is 230 cm³/mol. The van der Waals surface area contributed by atoms with Gasteiger partial charge in [0.2, 0.25) is 0 Å². The minimum absolute atomic E-state index is 0.573. The summed E-state index contributed by atoms with van der Waals surface area (Å²) in [6.45, 7) is 0. The van der Waals surface area contributed by atoms with Gasteiger partial charge in [0.25, 0.3) is 0 Å². The van der Waals surface area contributed by atoms with Gasteiger partial charge in [-0.3, -0.25) is 0 Å². The van der Waals surface area contributed by atoms with E-state index in [-0.39, 0.29) is 0 Å². The Balaban J connectivity index is 1.11. The number of nitrogens with zero attached hydrogens (tertiary/aromatic N) is 4. The molecule has 0 saturated carbocycles. The molecule has 0 amide bonds. The quantitative estimate of drug-likeness (QED) is 0.176. The number of fused-ring (bicyclic) bond motifs is 10. The maximum atomic E-state index is 6.91. The van der Waals surface area contributed by atoms with E-state index in [0.29, 0.717) is 17.5 Å². The number of benzene rings is 8. The van der Waals surface area contributed by atoms with Crippen LogP contribution in [0.4, 0.5) is 0 Å². The van der Waals surface area contributed by atoms with Crippen molar-refractivity contribution in [3.05, 3.63) is 182 Å². The average Bonchev–Trinajstić information content (AvgIpc) is 3.97. The molecule has 12 aromatic rings. The highest BCUT2D eigenvalue weighted by atomic mass is 16.3. The topological polar surface area (TPSA) is 69.9 Å². The lowest BCUT2D eigenvalue weighted by molar-refractivity contribution is 0.665. The minimum Gasteiger partial charge on any atom is -0.454 e. The largest absolute Gasteiger partial charge is 0.454 e. The summed E-state index contributed by atoms with van der Waals surface area (Å²) < 4.78 is 15.9. The van der Waals surface area contributed by atoms with Gasteiger partial charge in [0.15, 0.2) is 28.6 Å². The third-order valence-corrected chi connectivity index (χ3v) is 11.1. The van der Waals surface area contributed by atoms with E-state index in [1.165, 1.54) is 0 Å². The number of hydrogen-bond donors (Lipinski definition) is 0. The van der Waals surface area contributed by atoms with E-state index in [9.17, 15) is 0 Å². The number of para-hydroxylation sites is 3. The summed E-state index contributed by atoms with van der Waals surface area (Å²) in [6, 6.07) is 62.5. The molecular formula is C51H30N4O2. The first-order valence-electron chi connectivity index (χ1n) is 19.0. The van der Waals surface area contributed by atoms with Gasteiger partial charge < -0.3 is 13.4 Å². The Kier molecular flexibility index (Phi) is 6.83. The molecule has 4 aromatic heterocycles. The van der Waals surface area contributed by atoms with Crippen molar-refractivity contribution in [1.82, 2.24) is 19.5 Å². The van der Waals surface area contributed by atoms with Crippen LogP contribution in [0, 0.1) is 0 Å². The molecule has 0 aliphatic rings. The van der Waals surface area contributed by atoms with Gasteiger partial charge in [0.05, 0.1) is 16.7 Å². The molecule has 0 bridgehead atoms. The number of rotatable bonds is 5. The molecule has 8 aromatic carbocycles. The van der Waals surface area contributed by atoms with Crippen molar-refractivity contribution >= 4 is 65.7 Å². The zero-order valence-electron chi connectivity index (χ0n) is 30.4. The number of furan rings is 2. The van der Waals surface area contributed by atoms with E-state index in [1.54, 1.807) is 0 Å². The molecule has 0 unspecified atom stereocenters. The third kappa shape index (κ3) is 4.87. The molecule has 0 aliphatic heterocycles. The minimum atomic E-state index is 0.573. The van der Waals surface area contributed by atoms with Crippen LogP contribution in [0.2, 0.25) is 0 Å². The van der Waals surface area contributed by atoms with Crippen LogP contribution in [-0.2, 0) is 0 Å². The molecule has 266 valence electrons. The van der Waals surface area contributed by atoms with Crippen LogP contribution in [0.5, 0.6) is 0 Å². The highest BCUT2D eigenvalue weighted by Gasteiger charge is 2.23. The van der Waals surface area contributed by atoms with Gasteiger partial charge in [0, 0.05) is 49.0 Å². The van der Waals surface area contributed by atoms with Crippen molar-refractivity contribution in [2.24, 2.45) is 0 Å². The first-order valence-corrected chi connectivity index (χ1v) is 19.0. The smallest absolute Gasteiger partial charge is 0.164 e. The maximum absolute atomic E-state index is 6.91. The molecule has 12 rings (SSSR count). The van der Waals surface area contributed by atoms with Crippen LogP contribution in [0.3, 0.4) is 0 Å². The van der Waals surface area contributed by atoms with Gasteiger partial charge >= 0.3 is 0 Å². The second-order valence-electron chi connectivity index (χ2n) is 14.3. The molecule has 6 heteroatoms. The molecule has 0 aliphatic carbocycles. The molecule has 0 spiro atoms. The molecule has 57 heavy (non-hydrogen) atoms. The van der Waals surface area contributed by atoms with Gasteiger partial charge in [-0.15, -0.1) is 0 Å². The summed E-state index contributed by atoms with van der Waals surface area (Å²) in [5, 5.41) is 6.35. The van der Waals surface area contributed by atoms with Crippen molar-refractivity contribution in [2.45, 2.75) is 0 Å². The van der Waals surface area contributed by atoms with Crippen LogP contribution in [0.25, 0.3) is 117 Å². The Bertz CT molecular complexity index is 3530. The van der Waals surface area contributed by atoms with Crippen LogP contribution < -0.4 is 0 Å². The molecule has 0 fully saturated rings.